The van der Waals surface area contributed by atoms with Crippen molar-refractivity contribution < 1.29 is 24.2 Å². The van der Waals surface area contributed by atoms with E-state index in [1.165, 1.54) is 0 Å². The van der Waals surface area contributed by atoms with E-state index in [1.54, 1.807) is 42.3 Å². The Labute approximate surface area is 228 Å². The fourth-order valence-electron chi connectivity index (χ4n) is 4.52. The number of ketones is 1. The molecular weight excluding hydrogens is 536 g/mol. The van der Waals surface area contributed by atoms with Gasteiger partial charge in [0.2, 0.25) is 0 Å². The molecule has 1 atom stereocenters. The number of benzene rings is 2. The number of amides is 1. The molecule has 0 radical (unpaired) electrons. The fourth-order valence-corrected chi connectivity index (χ4v) is 4.78. The zero-order chi connectivity index (χ0) is 26.9. The first-order valence-electron chi connectivity index (χ1n) is 12.9. The fraction of sp³-hybridized carbons (Fsp3) is 0.448. The lowest BCUT2D eigenvalue weighted by Crippen LogP contribution is -2.38. The SMILES string of the molecule is CCCCCOc1ccc(C2/C(=C(\O)c3ccc(Br)cc3)C(=O)C(=O)N2CCN(CC)CC)cc1OC. The van der Waals surface area contributed by atoms with Crippen LogP contribution in [0.2, 0.25) is 0 Å². The van der Waals surface area contributed by atoms with Crippen LogP contribution in [0.4, 0.5) is 0 Å². The number of likely N-dealkylation sites (tertiary alicyclic amines) is 1. The number of hydrogen-bond acceptors (Lipinski definition) is 6. The minimum Gasteiger partial charge on any atom is -0.507 e. The molecule has 8 heteroatoms. The van der Waals surface area contributed by atoms with Gasteiger partial charge in [-0.1, -0.05) is 67.7 Å². The summed E-state index contributed by atoms with van der Waals surface area (Å²) in [5.41, 5.74) is 1.22. The van der Waals surface area contributed by atoms with Crippen molar-refractivity contribution in [3.8, 4) is 11.5 Å². The van der Waals surface area contributed by atoms with Gasteiger partial charge in [0.1, 0.15) is 5.76 Å². The average molecular weight is 574 g/mol. The van der Waals surface area contributed by atoms with E-state index in [0.29, 0.717) is 42.3 Å². The topological polar surface area (TPSA) is 79.3 Å². The molecule has 37 heavy (non-hydrogen) atoms. The summed E-state index contributed by atoms with van der Waals surface area (Å²) in [7, 11) is 1.57. The monoisotopic (exact) mass is 572 g/mol. The first kappa shape index (κ1) is 28.7. The van der Waals surface area contributed by atoms with Crippen molar-refractivity contribution in [1.82, 2.24) is 9.80 Å². The van der Waals surface area contributed by atoms with E-state index in [1.807, 2.05) is 12.1 Å². The molecule has 1 N–H and O–H groups in total. The van der Waals surface area contributed by atoms with Crippen LogP contribution in [0.25, 0.3) is 5.76 Å². The van der Waals surface area contributed by atoms with Gasteiger partial charge in [-0.3, -0.25) is 9.59 Å². The molecule has 3 rings (SSSR count). The molecule has 1 fully saturated rings. The summed E-state index contributed by atoms with van der Waals surface area (Å²) >= 11 is 3.40. The van der Waals surface area contributed by atoms with E-state index in [9.17, 15) is 14.7 Å². The van der Waals surface area contributed by atoms with E-state index >= 15 is 0 Å². The van der Waals surface area contributed by atoms with Gasteiger partial charge in [-0.05, 0) is 49.3 Å². The summed E-state index contributed by atoms with van der Waals surface area (Å²) in [5.74, 6) is -0.374. The van der Waals surface area contributed by atoms with Crippen molar-refractivity contribution >= 4 is 33.4 Å². The third kappa shape index (κ3) is 6.73. The molecule has 7 nitrogen and oxygen atoms in total. The van der Waals surface area contributed by atoms with E-state index in [4.69, 9.17) is 9.47 Å². The van der Waals surface area contributed by atoms with Gasteiger partial charge in [0, 0.05) is 23.1 Å². The smallest absolute Gasteiger partial charge is 0.295 e. The predicted octanol–water partition coefficient (Wildman–Crippen LogP) is 5.79. The maximum Gasteiger partial charge on any atom is 0.295 e. The minimum absolute atomic E-state index is 0.0746. The van der Waals surface area contributed by atoms with Crippen molar-refractivity contribution in [3.05, 3.63) is 63.6 Å². The van der Waals surface area contributed by atoms with Gasteiger partial charge < -0.3 is 24.4 Å². The number of methoxy groups -OCH3 is 1. The molecule has 200 valence electrons. The zero-order valence-corrected chi connectivity index (χ0v) is 23.7. The zero-order valence-electron chi connectivity index (χ0n) is 22.1. The van der Waals surface area contributed by atoms with Gasteiger partial charge >= 0.3 is 0 Å². The number of likely N-dealkylation sites (N-methyl/N-ethyl adjacent to an activating group) is 1. The number of unbranched alkanes of at least 4 members (excludes halogenated alkanes) is 2. The second-order valence-corrected chi connectivity index (χ2v) is 9.91. The highest BCUT2D eigenvalue weighted by atomic mass is 79.9. The van der Waals surface area contributed by atoms with Crippen LogP contribution in [-0.2, 0) is 9.59 Å². The van der Waals surface area contributed by atoms with Crippen molar-refractivity contribution in [2.75, 3.05) is 39.9 Å². The number of Topliss-reactive ketones (excluding diaryl/α,β-unsaturated/α-hetero) is 1. The molecule has 1 unspecified atom stereocenters. The van der Waals surface area contributed by atoms with Crippen LogP contribution in [0.15, 0.2) is 52.5 Å². The van der Waals surface area contributed by atoms with Crippen molar-refractivity contribution in [1.29, 1.82) is 0 Å². The lowest BCUT2D eigenvalue weighted by atomic mass is 9.95. The molecular formula is C29H37BrN2O5. The molecule has 0 bridgehead atoms. The van der Waals surface area contributed by atoms with E-state index in [-0.39, 0.29) is 11.3 Å². The first-order chi connectivity index (χ1) is 17.9. The molecule has 0 spiro atoms. The highest BCUT2D eigenvalue weighted by Crippen LogP contribution is 2.42. The Morgan fingerprint density at radius 1 is 1.03 bits per heavy atom. The maximum atomic E-state index is 13.3. The summed E-state index contributed by atoms with van der Waals surface area (Å²) < 4.78 is 12.4. The number of hydrogen-bond donors (Lipinski definition) is 1. The number of halogens is 1. The number of rotatable bonds is 13. The van der Waals surface area contributed by atoms with Crippen molar-refractivity contribution in [2.24, 2.45) is 0 Å². The molecule has 1 heterocycles. The largest absolute Gasteiger partial charge is 0.507 e. The predicted molar refractivity (Wildman–Crippen MR) is 149 cm³/mol. The Morgan fingerprint density at radius 3 is 2.35 bits per heavy atom. The number of carbonyl (C=O) groups excluding carboxylic acids is 2. The van der Waals surface area contributed by atoms with Gasteiger partial charge in [-0.2, -0.15) is 0 Å². The van der Waals surface area contributed by atoms with Crippen LogP contribution in [0, 0.1) is 0 Å². The Balaban J connectivity index is 2.06. The van der Waals surface area contributed by atoms with Crippen LogP contribution in [0.3, 0.4) is 0 Å². The standard InChI is InChI=1S/C29H37BrN2O5/c1-5-8-9-18-37-23-15-12-21(19-24(23)36-4)26-25(27(33)20-10-13-22(30)14-11-20)28(34)29(35)32(26)17-16-31(6-2)7-3/h10-15,19,26,33H,5-9,16-18H2,1-4H3/b27-25+. The molecule has 1 aliphatic heterocycles. The third-order valence-electron chi connectivity index (χ3n) is 6.72. The second-order valence-electron chi connectivity index (χ2n) is 8.99. The van der Waals surface area contributed by atoms with Crippen LogP contribution in [0.1, 0.15) is 57.2 Å². The Hall–Kier alpha value is -2.84. The Bertz CT molecular complexity index is 1110. The molecule has 0 aliphatic carbocycles. The van der Waals surface area contributed by atoms with Crippen LogP contribution < -0.4 is 9.47 Å². The summed E-state index contributed by atoms with van der Waals surface area (Å²) in [4.78, 5) is 30.3. The molecule has 1 aliphatic rings. The normalized spacial score (nSPS) is 17.0. The highest BCUT2D eigenvalue weighted by molar-refractivity contribution is 9.10. The highest BCUT2D eigenvalue weighted by Gasteiger charge is 2.46. The van der Waals surface area contributed by atoms with Crippen LogP contribution >= 0.6 is 15.9 Å². The number of carbonyl (C=O) groups is 2. The lowest BCUT2D eigenvalue weighted by Gasteiger charge is -2.28. The van der Waals surface area contributed by atoms with E-state index in [2.05, 4.69) is 41.6 Å². The van der Waals surface area contributed by atoms with Crippen molar-refractivity contribution in [2.45, 2.75) is 46.1 Å². The van der Waals surface area contributed by atoms with Gasteiger partial charge in [-0.25, -0.2) is 0 Å². The quantitative estimate of drug-likeness (QED) is 0.142. The molecule has 1 saturated heterocycles. The van der Waals surface area contributed by atoms with Gasteiger partial charge in [-0.15, -0.1) is 0 Å². The van der Waals surface area contributed by atoms with E-state index < -0.39 is 17.7 Å². The molecule has 1 amide bonds. The lowest BCUT2D eigenvalue weighted by molar-refractivity contribution is -0.140. The number of ether oxygens (including phenoxy) is 2. The third-order valence-corrected chi connectivity index (χ3v) is 7.25. The Kier molecular flexibility index (Phi) is 10.6. The molecule has 0 saturated carbocycles. The maximum absolute atomic E-state index is 13.3. The van der Waals surface area contributed by atoms with Crippen LogP contribution in [0.5, 0.6) is 11.5 Å². The second kappa shape index (κ2) is 13.6. The number of nitrogens with zero attached hydrogens (tertiary/aromatic N) is 2. The van der Waals surface area contributed by atoms with Gasteiger partial charge in [0.15, 0.2) is 11.5 Å². The minimum atomic E-state index is -0.748. The van der Waals surface area contributed by atoms with Crippen LogP contribution in [-0.4, -0.2) is 66.5 Å². The summed E-state index contributed by atoms with van der Waals surface area (Å²) in [6.07, 6.45) is 3.13. The summed E-state index contributed by atoms with van der Waals surface area (Å²) in [6.45, 7) is 9.48. The van der Waals surface area contributed by atoms with Crippen molar-refractivity contribution in [3.63, 3.8) is 0 Å². The van der Waals surface area contributed by atoms with E-state index in [0.717, 1.165) is 36.8 Å². The summed E-state index contributed by atoms with van der Waals surface area (Å²) in [6, 6.07) is 11.7. The number of aliphatic hydroxyl groups is 1. The first-order valence-corrected chi connectivity index (χ1v) is 13.7. The molecule has 0 aromatic heterocycles. The van der Waals surface area contributed by atoms with Gasteiger partial charge in [0.05, 0.1) is 25.3 Å². The molecule has 2 aromatic rings. The Morgan fingerprint density at radius 2 is 1.73 bits per heavy atom. The number of aliphatic hydroxyl groups excluding tert-OH is 1. The van der Waals surface area contributed by atoms with Gasteiger partial charge in [0.25, 0.3) is 11.7 Å². The average Bonchev–Trinajstić information content (AvgIpc) is 3.16. The molecule has 2 aromatic carbocycles. The summed E-state index contributed by atoms with van der Waals surface area (Å²) in [5, 5.41) is 11.3.